The van der Waals surface area contributed by atoms with E-state index in [0.717, 1.165) is 22.5 Å². The number of rotatable bonds is 10. The molecular weight excluding hydrogens is 458 g/mol. The number of methoxy groups -OCH3 is 1. The average Bonchev–Trinajstić information content (AvgIpc) is 3.24. The van der Waals surface area contributed by atoms with Crippen LogP contribution in [0.4, 0.5) is 0 Å². The van der Waals surface area contributed by atoms with Crippen LogP contribution in [0.3, 0.4) is 0 Å². The fourth-order valence-electron chi connectivity index (χ4n) is 4.73. The largest absolute Gasteiger partial charge is 0.493 e. The number of aryl methyl sites for hydroxylation is 3. The van der Waals surface area contributed by atoms with Gasteiger partial charge in [-0.2, -0.15) is 0 Å². The number of aliphatic hydroxyl groups is 2. The van der Waals surface area contributed by atoms with Crippen LogP contribution in [0.2, 0.25) is 0 Å². The van der Waals surface area contributed by atoms with Crippen LogP contribution in [0.15, 0.2) is 48.8 Å². The Morgan fingerprint density at radius 1 is 1.06 bits per heavy atom. The third kappa shape index (κ3) is 6.37. The van der Waals surface area contributed by atoms with Gasteiger partial charge < -0.3 is 29.0 Å². The maximum Gasteiger partial charge on any atom is 0.161 e. The SMILES string of the molecule is COc1ccc(CN2CC[C@H](O)[C@@](O)(COc3cc(C)cc(C)c3)C2)cc1OCCn1ccnc1C. The molecule has 1 aliphatic heterocycles. The van der Waals surface area contributed by atoms with E-state index in [1.54, 1.807) is 13.3 Å². The summed E-state index contributed by atoms with van der Waals surface area (Å²) < 4.78 is 19.5. The fourth-order valence-corrected chi connectivity index (χ4v) is 4.73. The second-order valence-electron chi connectivity index (χ2n) is 9.73. The molecule has 0 spiro atoms. The third-order valence-corrected chi connectivity index (χ3v) is 6.67. The number of hydrogen-bond acceptors (Lipinski definition) is 7. The van der Waals surface area contributed by atoms with E-state index in [1.165, 1.54) is 0 Å². The molecule has 4 rings (SSSR count). The number of nitrogens with zero attached hydrogens (tertiary/aromatic N) is 3. The molecule has 0 radical (unpaired) electrons. The Bertz CT molecular complexity index is 1140. The van der Waals surface area contributed by atoms with Gasteiger partial charge in [0.05, 0.1) is 19.8 Å². The van der Waals surface area contributed by atoms with Crippen LogP contribution in [0.5, 0.6) is 17.2 Å². The first-order valence-corrected chi connectivity index (χ1v) is 12.4. The second-order valence-corrected chi connectivity index (χ2v) is 9.73. The number of benzene rings is 2. The van der Waals surface area contributed by atoms with Gasteiger partial charge in [-0.15, -0.1) is 0 Å². The van der Waals surface area contributed by atoms with Crippen LogP contribution in [-0.4, -0.2) is 69.8 Å². The van der Waals surface area contributed by atoms with E-state index in [9.17, 15) is 10.2 Å². The van der Waals surface area contributed by atoms with E-state index in [-0.39, 0.29) is 6.61 Å². The van der Waals surface area contributed by atoms with Gasteiger partial charge in [0.25, 0.3) is 0 Å². The highest BCUT2D eigenvalue weighted by Crippen LogP contribution is 2.30. The highest BCUT2D eigenvalue weighted by molar-refractivity contribution is 5.43. The van der Waals surface area contributed by atoms with Gasteiger partial charge >= 0.3 is 0 Å². The highest BCUT2D eigenvalue weighted by atomic mass is 16.5. The molecule has 8 heteroatoms. The molecule has 2 N–H and O–H groups in total. The van der Waals surface area contributed by atoms with Crippen molar-refractivity contribution in [2.24, 2.45) is 0 Å². The Morgan fingerprint density at radius 2 is 1.83 bits per heavy atom. The highest BCUT2D eigenvalue weighted by Gasteiger charge is 2.42. The zero-order chi connectivity index (χ0) is 25.7. The monoisotopic (exact) mass is 495 g/mol. The number of aromatic nitrogens is 2. The van der Waals surface area contributed by atoms with Crippen molar-refractivity contribution >= 4 is 0 Å². The fraction of sp³-hybridized carbons (Fsp3) is 0.464. The Morgan fingerprint density at radius 3 is 2.53 bits per heavy atom. The Balaban J connectivity index is 1.39. The van der Waals surface area contributed by atoms with Gasteiger partial charge in [0.1, 0.15) is 30.4 Å². The minimum atomic E-state index is -1.36. The quantitative estimate of drug-likeness (QED) is 0.446. The van der Waals surface area contributed by atoms with Gasteiger partial charge in [0.15, 0.2) is 11.5 Å². The lowest BCUT2D eigenvalue weighted by molar-refractivity contribution is -0.140. The molecule has 0 amide bonds. The first kappa shape index (κ1) is 26.0. The van der Waals surface area contributed by atoms with E-state index >= 15 is 0 Å². The molecule has 1 aromatic heterocycles. The normalized spacial score (nSPS) is 20.3. The van der Waals surface area contributed by atoms with Crippen molar-refractivity contribution in [3.05, 3.63) is 71.3 Å². The van der Waals surface area contributed by atoms with Crippen LogP contribution in [-0.2, 0) is 13.1 Å². The van der Waals surface area contributed by atoms with Crippen LogP contribution in [0.25, 0.3) is 0 Å². The molecular formula is C28H37N3O5. The molecule has 1 aliphatic rings. The summed E-state index contributed by atoms with van der Waals surface area (Å²) in [5.41, 5.74) is 1.88. The summed E-state index contributed by atoms with van der Waals surface area (Å²) in [7, 11) is 1.63. The van der Waals surface area contributed by atoms with Crippen molar-refractivity contribution in [1.29, 1.82) is 0 Å². The van der Waals surface area contributed by atoms with Crippen LogP contribution in [0.1, 0.15) is 28.9 Å². The number of hydrogen-bond donors (Lipinski definition) is 2. The number of β-amino-alcohol motifs (C(OH)–C–C–N with tert-alkyl or cyclic N) is 1. The van der Waals surface area contributed by atoms with E-state index in [1.807, 2.05) is 61.9 Å². The van der Waals surface area contributed by atoms with Crippen molar-refractivity contribution in [2.75, 3.05) is 33.4 Å². The van der Waals surface area contributed by atoms with E-state index < -0.39 is 11.7 Å². The maximum atomic E-state index is 11.3. The summed E-state index contributed by atoms with van der Waals surface area (Å²) in [5.74, 6) is 3.00. The van der Waals surface area contributed by atoms with Gasteiger partial charge in [0, 0.05) is 32.0 Å². The smallest absolute Gasteiger partial charge is 0.161 e. The zero-order valence-electron chi connectivity index (χ0n) is 21.6. The lowest BCUT2D eigenvalue weighted by Gasteiger charge is -2.42. The summed E-state index contributed by atoms with van der Waals surface area (Å²) in [5, 5.41) is 21.9. The van der Waals surface area contributed by atoms with Crippen molar-refractivity contribution in [3.8, 4) is 17.2 Å². The molecule has 3 aromatic rings. The lowest BCUT2D eigenvalue weighted by atomic mass is 9.90. The molecule has 0 aliphatic carbocycles. The molecule has 0 bridgehead atoms. The van der Waals surface area contributed by atoms with Crippen LogP contribution in [0, 0.1) is 20.8 Å². The van der Waals surface area contributed by atoms with Crippen molar-refractivity contribution < 1.29 is 24.4 Å². The molecule has 2 atom stereocenters. The van der Waals surface area contributed by atoms with E-state index in [0.29, 0.717) is 56.5 Å². The first-order valence-electron chi connectivity index (χ1n) is 12.4. The molecule has 2 aromatic carbocycles. The first-order chi connectivity index (χ1) is 17.3. The zero-order valence-corrected chi connectivity index (χ0v) is 21.6. The Kier molecular flexibility index (Phi) is 8.18. The summed E-state index contributed by atoms with van der Waals surface area (Å²) in [6.07, 6.45) is 3.33. The molecule has 194 valence electrons. The Hall–Kier alpha value is -3.07. The minimum Gasteiger partial charge on any atom is -0.493 e. The Labute approximate surface area is 213 Å². The third-order valence-electron chi connectivity index (χ3n) is 6.67. The molecule has 2 heterocycles. The lowest BCUT2D eigenvalue weighted by Crippen LogP contribution is -2.59. The van der Waals surface area contributed by atoms with Crippen LogP contribution >= 0.6 is 0 Å². The van der Waals surface area contributed by atoms with Crippen LogP contribution < -0.4 is 14.2 Å². The number of imidazole rings is 1. The standard InChI is InChI=1S/C28H37N3O5/c1-20-13-21(2)15-24(14-20)36-19-28(33)18-30(9-7-27(28)32)17-23-5-6-25(34-4)26(16-23)35-12-11-31-10-8-29-22(31)3/h5-6,8,10,13-16,27,32-33H,7,9,11-12,17-19H2,1-4H3/t27-,28-/m0/s1. The number of aliphatic hydroxyl groups excluding tert-OH is 1. The summed E-state index contributed by atoms with van der Waals surface area (Å²) in [6.45, 7) is 8.78. The van der Waals surface area contributed by atoms with Gasteiger partial charge in [-0.3, -0.25) is 4.90 Å². The van der Waals surface area contributed by atoms with E-state index in [4.69, 9.17) is 14.2 Å². The predicted molar refractivity (Wildman–Crippen MR) is 138 cm³/mol. The molecule has 1 saturated heterocycles. The predicted octanol–water partition coefficient (Wildman–Crippen LogP) is 3.27. The van der Waals surface area contributed by atoms with E-state index in [2.05, 4.69) is 16.0 Å². The van der Waals surface area contributed by atoms with Crippen molar-refractivity contribution in [1.82, 2.24) is 14.5 Å². The van der Waals surface area contributed by atoms with Gasteiger partial charge in [-0.1, -0.05) is 12.1 Å². The molecule has 8 nitrogen and oxygen atoms in total. The summed E-state index contributed by atoms with van der Waals surface area (Å²) in [6, 6.07) is 11.8. The maximum absolute atomic E-state index is 11.3. The van der Waals surface area contributed by atoms with Gasteiger partial charge in [0.2, 0.25) is 0 Å². The minimum absolute atomic E-state index is 0.0260. The molecule has 0 saturated carbocycles. The summed E-state index contributed by atoms with van der Waals surface area (Å²) in [4.78, 5) is 6.38. The van der Waals surface area contributed by atoms with Gasteiger partial charge in [-0.25, -0.2) is 4.98 Å². The average molecular weight is 496 g/mol. The van der Waals surface area contributed by atoms with Crippen molar-refractivity contribution in [3.63, 3.8) is 0 Å². The summed E-state index contributed by atoms with van der Waals surface area (Å²) >= 11 is 0. The number of likely N-dealkylation sites (tertiary alicyclic amines) is 1. The van der Waals surface area contributed by atoms with Crippen molar-refractivity contribution in [2.45, 2.75) is 52.0 Å². The number of ether oxygens (including phenoxy) is 3. The molecule has 0 unspecified atom stereocenters. The topological polar surface area (TPSA) is 89.2 Å². The second kappa shape index (κ2) is 11.3. The van der Waals surface area contributed by atoms with Gasteiger partial charge in [-0.05, 0) is 68.1 Å². The molecule has 36 heavy (non-hydrogen) atoms. The number of piperidine rings is 1. The molecule has 1 fully saturated rings.